The minimum Gasteiger partial charge on any atom is -0.463 e. The zero-order valence-corrected chi connectivity index (χ0v) is 27.4. The fourth-order valence-corrected chi connectivity index (χ4v) is 5.17. The van der Waals surface area contributed by atoms with E-state index in [2.05, 4.69) is 29.1 Å². The zero-order chi connectivity index (χ0) is 34.6. The van der Waals surface area contributed by atoms with Crippen LogP contribution in [0.2, 0.25) is 0 Å². The molecule has 48 heavy (non-hydrogen) atoms. The van der Waals surface area contributed by atoms with Crippen LogP contribution < -0.4 is 16.0 Å². The molecule has 0 aliphatic rings. The average Bonchev–Trinajstić information content (AvgIpc) is 3.09. The Bertz CT molecular complexity index is 1490. The number of anilines is 1. The van der Waals surface area contributed by atoms with Gasteiger partial charge in [-0.1, -0.05) is 72.8 Å². The predicted octanol–water partition coefficient (Wildman–Crippen LogP) is 4.73. The molecule has 0 bridgehead atoms. The standard InChI is InChI=1S/C38H47N3O7/c1-3-5-7-17-32(24-28-13-8-6-9-14-28)38(46)48-27-34(37(45)40-33-19-18-29-15-10-11-16-30(29)25-33)41-36(44)31(12-4-2)26-35(43)39-20-22-47-23-21-42/h3-4,6,8-11,13-16,18-19,25,31-32,34,42H,1-2,5,7,12,17,20-24,26-27H2,(H,39,43)(H,40,45)(H,41,44)/t31-,32-,34+/m1/s1. The third-order valence-corrected chi connectivity index (χ3v) is 7.72. The fourth-order valence-electron chi connectivity index (χ4n) is 5.17. The molecule has 0 saturated carbocycles. The lowest BCUT2D eigenvalue weighted by Crippen LogP contribution is -2.49. The van der Waals surface area contributed by atoms with E-state index in [1.165, 1.54) is 6.08 Å². The van der Waals surface area contributed by atoms with Gasteiger partial charge in [0.15, 0.2) is 0 Å². The zero-order valence-electron chi connectivity index (χ0n) is 27.4. The van der Waals surface area contributed by atoms with E-state index in [-0.39, 0.29) is 45.1 Å². The van der Waals surface area contributed by atoms with Crippen LogP contribution in [-0.4, -0.2) is 67.8 Å². The molecule has 0 radical (unpaired) electrons. The van der Waals surface area contributed by atoms with Crippen molar-refractivity contribution in [1.82, 2.24) is 10.6 Å². The van der Waals surface area contributed by atoms with E-state index in [0.717, 1.165) is 29.2 Å². The quantitative estimate of drug-likeness (QED) is 0.0695. The number of esters is 1. The number of hydrogen-bond donors (Lipinski definition) is 4. The Kier molecular flexibility index (Phi) is 16.6. The molecule has 10 nitrogen and oxygen atoms in total. The maximum atomic E-state index is 13.6. The molecule has 0 spiro atoms. The summed E-state index contributed by atoms with van der Waals surface area (Å²) in [5, 5.41) is 19.0. The summed E-state index contributed by atoms with van der Waals surface area (Å²) in [6.45, 7) is 7.55. The Hall–Kier alpha value is -4.80. The van der Waals surface area contributed by atoms with Crippen molar-refractivity contribution in [2.45, 2.75) is 44.6 Å². The van der Waals surface area contributed by atoms with Crippen molar-refractivity contribution in [3.63, 3.8) is 0 Å². The van der Waals surface area contributed by atoms with Crippen molar-refractivity contribution in [1.29, 1.82) is 0 Å². The van der Waals surface area contributed by atoms with Crippen molar-refractivity contribution in [2.75, 3.05) is 38.3 Å². The Morgan fingerprint density at radius 2 is 1.60 bits per heavy atom. The summed E-state index contributed by atoms with van der Waals surface area (Å²) in [7, 11) is 0. The normalized spacial score (nSPS) is 12.7. The number of hydrogen-bond acceptors (Lipinski definition) is 7. The van der Waals surface area contributed by atoms with Crippen molar-refractivity contribution < 1.29 is 33.8 Å². The molecule has 3 aromatic rings. The van der Waals surface area contributed by atoms with Gasteiger partial charge in [-0.15, -0.1) is 13.2 Å². The molecule has 256 valence electrons. The van der Waals surface area contributed by atoms with Gasteiger partial charge >= 0.3 is 5.97 Å². The van der Waals surface area contributed by atoms with E-state index >= 15 is 0 Å². The molecule has 0 unspecified atom stereocenters. The Morgan fingerprint density at radius 3 is 2.33 bits per heavy atom. The van der Waals surface area contributed by atoms with Crippen LogP contribution >= 0.6 is 0 Å². The lowest BCUT2D eigenvalue weighted by molar-refractivity contribution is -0.151. The Labute approximate surface area is 282 Å². The van der Waals surface area contributed by atoms with Gasteiger partial charge in [0.1, 0.15) is 12.6 Å². The first-order valence-electron chi connectivity index (χ1n) is 16.3. The molecule has 0 aliphatic heterocycles. The molecule has 3 rings (SSSR count). The van der Waals surface area contributed by atoms with Gasteiger partial charge in [0, 0.05) is 18.7 Å². The highest BCUT2D eigenvalue weighted by Gasteiger charge is 2.29. The number of carbonyl (C=O) groups excluding carboxylic acids is 4. The van der Waals surface area contributed by atoms with Gasteiger partial charge in [-0.3, -0.25) is 19.2 Å². The van der Waals surface area contributed by atoms with Crippen LogP contribution in [0.3, 0.4) is 0 Å². The Balaban J connectivity index is 1.75. The summed E-state index contributed by atoms with van der Waals surface area (Å²) in [4.78, 5) is 53.2. The summed E-state index contributed by atoms with van der Waals surface area (Å²) in [6.07, 6.45) is 5.90. The highest BCUT2D eigenvalue weighted by Crippen LogP contribution is 2.20. The number of carbonyl (C=O) groups is 4. The van der Waals surface area contributed by atoms with Crippen LogP contribution in [0.4, 0.5) is 5.69 Å². The summed E-state index contributed by atoms with van der Waals surface area (Å²) < 4.78 is 10.9. The fraction of sp³-hybridized carbons (Fsp3) is 0.368. The number of unbranched alkanes of at least 4 members (excludes halogenated alkanes) is 1. The van der Waals surface area contributed by atoms with Gasteiger partial charge in [-0.2, -0.15) is 0 Å². The van der Waals surface area contributed by atoms with Crippen molar-refractivity contribution in [2.24, 2.45) is 11.8 Å². The van der Waals surface area contributed by atoms with Crippen LogP contribution in [0.1, 0.15) is 37.7 Å². The topological polar surface area (TPSA) is 143 Å². The minimum atomic E-state index is -1.24. The smallest absolute Gasteiger partial charge is 0.309 e. The van der Waals surface area contributed by atoms with Crippen molar-refractivity contribution >= 4 is 40.2 Å². The summed E-state index contributed by atoms with van der Waals surface area (Å²) in [6, 6.07) is 21.6. The van der Waals surface area contributed by atoms with Crippen LogP contribution in [0.15, 0.2) is 98.1 Å². The second kappa shape index (κ2) is 21.1. The van der Waals surface area contributed by atoms with E-state index in [1.54, 1.807) is 12.1 Å². The molecule has 0 aliphatic carbocycles. The highest BCUT2D eigenvalue weighted by molar-refractivity contribution is 5.99. The van der Waals surface area contributed by atoms with Gasteiger partial charge in [0.25, 0.3) is 5.91 Å². The van der Waals surface area contributed by atoms with Crippen LogP contribution in [-0.2, 0) is 35.1 Å². The van der Waals surface area contributed by atoms with E-state index in [9.17, 15) is 19.2 Å². The average molecular weight is 658 g/mol. The van der Waals surface area contributed by atoms with E-state index in [4.69, 9.17) is 14.6 Å². The number of nitrogens with one attached hydrogen (secondary N) is 3. The number of fused-ring (bicyclic) bond motifs is 1. The van der Waals surface area contributed by atoms with Crippen LogP contribution in [0.25, 0.3) is 10.8 Å². The van der Waals surface area contributed by atoms with Gasteiger partial charge in [-0.25, -0.2) is 0 Å². The number of aliphatic hydroxyl groups is 1. The summed E-state index contributed by atoms with van der Waals surface area (Å²) in [5.74, 6) is -3.24. The third-order valence-electron chi connectivity index (χ3n) is 7.72. The number of ether oxygens (including phenoxy) is 2. The van der Waals surface area contributed by atoms with Gasteiger partial charge < -0.3 is 30.5 Å². The molecule has 10 heteroatoms. The SMILES string of the molecule is C=CCCC[C@H](Cc1ccccc1)C(=O)OC[C@H](NC(=O)[C@H](CC=C)CC(=O)NCCOCCO)C(=O)Nc1ccc2ccccc2c1. The maximum absolute atomic E-state index is 13.6. The third kappa shape index (κ3) is 13.1. The molecule has 3 atom stereocenters. The molecule has 0 saturated heterocycles. The molecule has 3 amide bonds. The van der Waals surface area contributed by atoms with Gasteiger partial charge in [-0.05, 0) is 60.6 Å². The van der Waals surface area contributed by atoms with Gasteiger partial charge in [0.2, 0.25) is 11.8 Å². The van der Waals surface area contributed by atoms with Crippen LogP contribution in [0, 0.1) is 11.8 Å². The number of benzene rings is 3. The lowest BCUT2D eigenvalue weighted by atomic mass is 9.94. The molecular formula is C38H47N3O7. The second-order valence-corrected chi connectivity index (χ2v) is 11.5. The predicted molar refractivity (Wildman–Crippen MR) is 187 cm³/mol. The van der Waals surface area contributed by atoms with Gasteiger partial charge in [0.05, 0.1) is 31.7 Å². The second-order valence-electron chi connectivity index (χ2n) is 11.5. The van der Waals surface area contributed by atoms with Crippen molar-refractivity contribution in [3.05, 3.63) is 104 Å². The molecule has 0 heterocycles. The highest BCUT2D eigenvalue weighted by atomic mass is 16.5. The number of aliphatic hydroxyl groups excluding tert-OH is 1. The van der Waals surface area contributed by atoms with E-state index in [1.807, 2.05) is 66.7 Å². The van der Waals surface area contributed by atoms with Crippen molar-refractivity contribution in [3.8, 4) is 0 Å². The monoisotopic (exact) mass is 657 g/mol. The summed E-state index contributed by atoms with van der Waals surface area (Å²) in [5.41, 5.74) is 1.50. The first-order chi connectivity index (χ1) is 23.3. The number of rotatable bonds is 22. The number of allylic oxidation sites excluding steroid dienone is 2. The number of amides is 3. The molecule has 0 aromatic heterocycles. The molecular weight excluding hydrogens is 610 g/mol. The van der Waals surface area contributed by atoms with Crippen LogP contribution in [0.5, 0.6) is 0 Å². The van der Waals surface area contributed by atoms with E-state index < -0.39 is 42.3 Å². The minimum absolute atomic E-state index is 0.122. The first kappa shape index (κ1) is 37.7. The lowest BCUT2D eigenvalue weighted by Gasteiger charge is -2.23. The largest absolute Gasteiger partial charge is 0.463 e. The maximum Gasteiger partial charge on any atom is 0.309 e. The molecule has 0 fully saturated rings. The molecule has 3 aromatic carbocycles. The van der Waals surface area contributed by atoms with E-state index in [0.29, 0.717) is 18.5 Å². The summed E-state index contributed by atoms with van der Waals surface area (Å²) >= 11 is 0. The molecule has 4 N–H and O–H groups in total. The Morgan fingerprint density at radius 1 is 0.854 bits per heavy atom. The first-order valence-corrected chi connectivity index (χ1v) is 16.3.